The van der Waals surface area contributed by atoms with Gasteiger partial charge in [0.1, 0.15) is 0 Å². The molecule has 0 aromatic carbocycles. The first-order valence-corrected chi connectivity index (χ1v) is 13.0. The molecule has 8 heteroatoms. The lowest BCUT2D eigenvalue weighted by Gasteiger charge is -2.38. The Bertz CT molecular complexity index is 1010. The fraction of sp³-hybridized carbons (Fsp3) is 0.680. The first-order valence-electron chi connectivity index (χ1n) is 12.3. The zero-order chi connectivity index (χ0) is 23.9. The Morgan fingerprint density at radius 3 is 2.27 bits per heavy atom. The summed E-state index contributed by atoms with van der Waals surface area (Å²) in [6.45, 7) is 18.1. The molecular weight excluding hydrogens is 455 g/mol. The number of fused-ring (bicyclic) bond motifs is 2. The molecular formula is C25H36Cl2N6. The van der Waals surface area contributed by atoms with Gasteiger partial charge in [-0.1, -0.05) is 27.7 Å². The Kier molecular flexibility index (Phi) is 7.59. The lowest BCUT2D eigenvalue weighted by atomic mass is 9.83. The normalized spacial score (nSPS) is 20.2. The van der Waals surface area contributed by atoms with Crippen LogP contribution in [0.2, 0.25) is 10.6 Å². The molecule has 33 heavy (non-hydrogen) atoms. The second kappa shape index (κ2) is 10.1. The molecule has 2 aliphatic rings. The molecule has 2 atom stereocenters. The Labute approximate surface area is 208 Å². The number of hydrogen-bond acceptors (Lipinski definition) is 6. The lowest BCUT2D eigenvalue weighted by Crippen LogP contribution is -2.40. The van der Waals surface area contributed by atoms with E-state index in [1.165, 1.54) is 11.1 Å². The summed E-state index contributed by atoms with van der Waals surface area (Å²) in [6.07, 6.45) is 1.87. The van der Waals surface area contributed by atoms with Crippen LogP contribution in [-0.2, 0) is 19.5 Å². The molecule has 2 aromatic rings. The van der Waals surface area contributed by atoms with Crippen LogP contribution in [0, 0.1) is 0 Å². The summed E-state index contributed by atoms with van der Waals surface area (Å²) in [6, 6.07) is 0.450. The van der Waals surface area contributed by atoms with E-state index >= 15 is 0 Å². The van der Waals surface area contributed by atoms with Gasteiger partial charge < -0.3 is 0 Å². The van der Waals surface area contributed by atoms with E-state index in [9.17, 15) is 0 Å². The van der Waals surface area contributed by atoms with Crippen LogP contribution in [0.1, 0.15) is 99.6 Å². The van der Waals surface area contributed by atoms with E-state index in [1.54, 1.807) is 0 Å². The summed E-state index contributed by atoms with van der Waals surface area (Å²) in [4.78, 5) is 23.7. The highest BCUT2D eigenvalue weighted by Gasteiger charge is 2.34. The maximum atomic E-state index is 6.41. The summed E-state index contributed by atoms with van der Waals surface area (Å²) in [5.74, 6) is 0.800. The molecule has 0 saturated carbocycles. The molecule has 1 unspecified atom stereocenters. The Balaban J connectivity index is 1.71. The summed E-state index contributed by atoms with van der Waals surface area (Å²) in [7, 11) is 0. The van der Waals surface area contributed by atoms with Crippen molar-refractivity contribution in [3.63, 3.8) is 0 Å². The number of halogens is 2. The van der Waals surface area contributed by atoms with Gasteiger partial charge in [0.15, 0.2) is 0 Å². The molecule has 0 spiro atoms. The predicted molar refractivity (Wildman–Crippen MR) is 134 cm³/mol. The number of hydrogen-bond donors (Lipinski definition) is 0. The van der Waals surface area contributed by atoms with Crippen molar-refractivity contribution in [1.82, 2.24) is 29.7 Å². The zero-order valence-corrected chi connectivity index (χ0v) is 22.2. The van der Waals surface area contributed by atoms with E-state index in [1.807, 2.05) is 0 Å². The van der Waals surface area contributed by atoms with Crippen molar-refractivity contribution in [3.8, 4) is 0 Å². The number of aromatic nitrogens is 4. The molecule has 0 N–H and O–H groups in total. The van der Waals surface area contributed by atoms with Crippen LogP contribution in [0.4, 0.5) is 0 Å². The van der Waals surface area contributed by atoms with Crippen LogP contribution in [0.15, 0.2) is 0 Å². The van der Waals surface area contributed by atoms with Gasteiger partial charge in [-0.15, -0.1) is 0 Å². The summed E-state index contributed by atoms with van der Waals surface area (Å²) in [5, 5.41) is 0.718. The first-order chi connectivity index (χ1) is 15.7. The molecule has 0 fully saturated rings. The summed E-state index contributed by atoms with van der Waals surface area (Å²) >= 11 is 12.8. The molecule has 4 rings (SSSR count). The fourth-order valence-electron chi connectivity index (χ4n) is 5.36. The minimum absolute atomic E-state index is 0.234. The van der Waals surface area contributed by atoms with E-state index < -0.39 is 0 Å². The van der Waals surface area contributed by atoms with E-state index in [0.717, 1.165) is 68.3 Å². The highest BCUT2D eigenvalue weighted by molar-refractivity contribution is 6.28. The molecule has 0 amide bonds. The largest absolute Gasteiger partial charge is 0.299 e. The SMILES string of the molecule is CCN1CCc2nc(Cl)nc([C@H](C)CC3CN(C(C)C)Cc4c(C(C)C)nc(Cl)nc43)c2C1. The van der Waals surface area contributed by atoms with E-state index in [0.29, 0.717) is 22.5 Å². The first kappa shape index (κ1) is 24.8. The van der Waals surface area contributed by atoms with Gasteiger partial charge in [-0.25, -0.2) is 19.9 Å². The van der Waals surface area contributed by atoms with E-state index in [2.05, 4.69) is 61.3 Å². The summed E-state index contributed by atoms with van der Waals surface area (Å²) < 4.78 is 0. The average Bonchev–Trinajstić information content (AvgIpc) is 2.77. The quantitative estimate of drug-likeness (QED) is 0.492. The third-order valence-corrected chi connectivity index (χ3v) is 7.56. The van der Waals surface area contributed by atoms with Gasteiger partial charge in [0.2, 0.25) is 10.6 Å². The van der Waals surface area contributed by atoms with Crippen LogP contribution >= 0.6 is 23.2 Å². The predicted octanol–water partition coefficient (Wildman–Crippen LogP) is 5.58. The van der Waals surface area contributed by atoms with Crippen molar-refractivity contribution in [3.05, 3.63) is 44.5 Å². The molecule has 4 heterocycles. The van der Waals surface area contributed by atoms with Crippen LogP contribution in [0.25, 0.3) is 0 Å². The maximum Gasteiger partial charge on any atom is 0.222 e. The van der Waals surface area contributed by atoms with Gasteiger partial charge >= 0.3 is 0 Å². The molecule has 2 aliphatic heterocycles. The molecule has 180 valence electrons. The maximum absolute atomic E-state index is 6.41. The van der Waals surface area contributed by atoms with Gasteiger partial charge in [-0.3, -0.25) is 9.80 Å². The smallest absolute Gasteiger partial charge is 0.222 e. The molecule has 6 nitrogen and oxygen atoms in total. The Hall–Kier alpha value is -1.34. The number of rotatable bonds is 6. The minimum Gasteiger partial charge on any atom is -0.299 e. The third kappa shape index (κ3) is 5.19. The highest BCUT2D eigenvalue weighted by Crippen LogP contribution is 2.39. The third-order valence-electron chi connectivity index (χ3n) is 7.22. The molecule has 0 saturated heterocycles. The van der Waals surface area contributed by atoms with E-state index in [4.69, 9.17) is 33.2 Å². The van der Waals surface area contributed by atoms with Crippen molar-refractivity contribution >= 4 is 23.2 Å². The van der Waals surface area contributed by atoms with Crippen LogP contribution in [0.3, 0.4) is 0 Å². The topological polar surface area (TPSA) is 58.0 Å². The van der Waals surface area contributed by atoms with Crippen LogP contribution in [0.5, 0.6) is 0 Å². The zero-order valence-electron chi connectivity index (χ0n) is 20.7. The van der Waals surface area contributed by atoms with Gasteiger partial charge in [0.25, 0.3) is 0 Å². The molecule has 2 aromatic heterocycles. The number of nitrogens with zero attached hydrogens (tertiary/aromatic N) is 6. The second-order valence-corrected chi connectivity index (χ2v) is 10.9. The monoisotopic (exact) mass is 490 g/mol. The minimum atomic E-state index is 0.234. The Morgan fingerprint density at radius 1 is 0.909 bits per heavy atom. The second-order valence-electron chi connectivity index (χ2n) is 10.2. The van der Waals surface area contributed by atoms with Crippen molar-refractivity contribution < 1.29 is 0 Å². The van der Waals surface area contributed by atoms with Crippen LogP contribution in [-0.4, -0.2) is 55.4 Å². The van der Waals surface area contributed by atoms with Gasteiger partial charge in [-0.2, -0.15) is 0 Å². The van der Waals surface area contributed by atoms with E-state index in [-0.39, 0.29) is 11.8 Å². The Morgan fingerprint density at radius 2 is 1.61 bits per heavy atom. The van der Waals surface area contributed by atoms with Gasteiger partial charge in [0, 0.05) is 55.7 Å². The standard InChI is InChI=1S/C25H36Cl2N6/c1-7-32-9-8-20-18(12-32)22(30-24(26)28-20)16(6)10-17-11-33(15(4)5)13-19-21(14(2)3)29-25(27)31-23(17)19/h14-17H,7-13H2,1-6H3/t16-,17?/m1/s1. The lowest BCUT2D eigenvalue weighted by molar-refractivity contribution is 0.174. The van der Waals surface area contributed by atoms with Crippen molar-refractivity contribution in [1.29, 1.82) is 0 Å². The van der Waals surface area contributed by atoms with Crippen molar-refractivity contribution in [2.75, 3.05) is 19.6 Å². The van der Waals surface area contributed by atoms with Gasteiger partial charge in [-0.05, 0) is 61.9 Å². The molecule has 0 bridgehead atoms. The average molecular weight is 492 g/mol. The molecule has 0 aliphatic carbocycles. The highest BCUT2D eigenvalue weighted by atomic mass is 35.5. The van der Waals surface area contributed by atoms with Crippen molar-refractivity contribution in [2.45, 2.75) is 91.3 Å². The fourth-order valence-corrected chi connectivity index (χ4v) is 5.74. The number of likely N-dealkylation sites (N-methyl/N-ethyl adjacent to an activating group) is 1. The van der Waals surface area contributed by atoms with Crippen molar-refractivity contribution in [2.24, 2.45) is 0 Å². The van der Waals surface area contributed by atoms with Gasteiger partial charge in [0.05, 0.1) is 22.8 Å². The van der Waals surface area contributed by atoms with Crippen LogP contribution < -0.4 is 0 Å². The molecule has 0 radical (unpaired) electrons. The summed E-state index contributed by atoms with van der Waals surface area (Å²) in [5.41, 5.74) is 6.92.